The SMILES string of the molecule is CCOc1cc(O[C@H]2CCc3c(-c4cccc5c4CC[C@@H]5Oc4cc(OCC)c(CN[C@@H](CCO)C(=O)O)cc4Cl)cccc32)c(Cl)cc1CN[C@@H](CCO)C(=O)O. The Morgan fingerprint density at radius 1 is 0.672 bits per heavy atom. The molecule has 310 valence electrons. The second-order valence-electron chi connectivity index (χ2n) is 14.3. The third-order valence-corrected chi connectivity index (χ3v) is 11.2. The van der Waals surface area contributed by atoms with E-state index in [2.05, 4.69) is 47.0 Å². The summed E-state index contributed by atoms with van der Waals surface area (Å²) in [5.74, 6) is -0.0614. The molecule has 0 bridgehead atoms. The highest BCUT2D eigenvalue weighted by molar-refractivity contribution is 6.32. The fourth-order valence-corrected chi connectivity index (χ4v) is 8.29. The molecular weight excluding hydrogens is 787 g/mol. The zero-order chi connectivity index (χ0) is 41.3. The molecule has 0 aromatic heterocycles. The lowest BCUT2D eigenvalue weighted by atomic mass is 9.91. The lowest BCUT2D eigenvalue weighted by Gasteiger charge is -2.21. The van der Waals surface area contributed by atoms with E-state index in [0.717, 1.165) is 47.9 Å². The first kappa shape index (κ1) is 43.0. The van der Waals surface area contributed by atoms with Gasteiger partial charge >= 0.3 is 11.9 Å². The van der Waals surface area contributed by atoms with Crippen LogP contribution in [-0.4, -0.2) is 70.9 Å². The molecule has 6 rings (SSSR count). The van der Waals surface area contributed by atoms with Crippen LogP contribution in [0, 0.1) is 0 Å². The molecule has 2 aliphatic rings. The number of aliphatic hydroxyl groups is 2. The van der Waals surface area contributed by atoms with Gasteiger partial charge in [-0.15, -0.1) is 0 Å². The predicted octanol–water partition coefficient (Wildman–Crippen LogP) is 7.44. The number of carbonyl (C=O) groups is 2. The van der Waals surface area contributed by atoms with Gasteiger partial charge in [-0.2, -0.15) is 0 Å². The van der Waals surface area contributed by atoms with Crippen molar-refractivity contribution < 1.29 is 49.0 Å². The molecule has 0 aliphatic heterocycles. The minimum atomic E-state index is -1.05. The number of carboxylic acids is 2. The van der Waals surface area contributed by atoms with Gasteiger partial charge in [-0.1, -0.05) is 59.6 Å². The number of hydrogen-bond acceptors (Lipinski definition) is 10. The molecule has 0 amide bonds. The summed E-state index contributed by atoms with van der Waals surface area (Å²) in [5, 5.41) is 44.3. The number of nitrogens with one attached hydrogen (secondary N) is 2. The molecule has 2 aliphatic carbocycles. The summed E-state index contributed by atoms with van der Waals surface area (Å²) in [5.41, 5.74) is 8.27. The molecule has 0 spiro atoms. The smallest absolute Gasteiger partial charge is 0.320 e. The molecule has 0 unspecified atom stereocenters. The van der Waals surface area contributed by atoms with Crippen molar-refractivity contribution in [1.29, 1.82) is 0 Å². The number of rotatable bonds is 21. The van der Waals surface area contributed by atoms with Crippen LogP contribution in [0.25, 0.3) is 11.1 Å². The Balaban J connectivity index is 1.21. The van der Waals surface area contributed by atoms with Gasteiger partial charge < -0.3 is 50.0 Å². The normalized spacial score (nSPS) is 16.7. The number of aliphatic carboxylic acids is 2. The molecule has 0 heterocycles. The highest BCUT2D eigenvalue weighted by Gasteiger charge is 2.32. The summed E-state index contributed by atoms with van der Waals surface area (Å²) in [6.45, 7) is 4.39. The lowest BCUT2D eigenvalue weighted by Crippen LogP contribution is -2.37. The minimum absolute atomic E-state index is 0.0725. The zero-order valence-electron chi connectivity index (χ0n) is 32.6. The molecule has 4 aromatic carbocycles. The summed E-state index contributed by atoms with van der Waals surface area (Å²) < 4.78 is 25.0. The van der Waals surface area contributed by atoms with Crippen LogP contribution in [-0.2, 0) is 35.5 Å². The molecule has 58 heavy (non-hydrogen) atoms. The van der Waals surface area contributed by atoms with Gasteiger partial charge in [-0.3, -0.25) is 9.59 Å². The number of benzene rings is 4. The predicted molar refractivity (Wildman–Crippen MR) is 220 cm³/mol. The standard InChI is InChI=1S/C44H50Cl2N2O10/c1-3-55-39-21-41(33(45)19-25(39)23-47-35(15-17-49)43(51)52)57-37-13-11-29-27(7-5-9-31(29)37)28-8-6-10-32-30(28)12-14-38(32)58-42-22-40(56-4-2)26(20-34(42)46)24-48-36(16-18-50)44(53)54/h5-10,19-22,35-38,47-50H,3-4,11-18,23-24H2,1-2H3,(H,51,52)(H,53,54)/t35-,36-,37-,38-/m0/s1. The van der Waals surface area contributed by atoms with Crippen molar-refractivity contribution in [3.8, 4) is 34.1 Å². The van der Waals surface area contributed by atoms with Crippen molar-refractivity contribution >= 4 is 35.1 Å². The Bertz CT molecular complexity index is 1950. The van der Waals surface area contributed by atoms with Crippen LogP contribution in [0.1, 0.15) is 85.1 Å². The van der Waals surface area contributed by atoms with Crippen LogP contribution in [0.2, 0.25) is 10.0 Å². The van der Waals surface area contributed by atoms with Gasteiger partial charge in [-0.25, -0.2) is 0 Å². The number of ether oxygens (including phenoxy) is 4. The molecule has 0 saturated heterocycles. The molecule has 0 saturated carbocycles. The van der Waals surface area contributed by atoms with Crippen LogP contribution in [0.4, 0.5) is 0 Å². The van der Waals surface area contributed by atoms with Gasteiger partial charge in [0.05, 0.1) is 23.3 Å². The number of carboxylic acid groups (broad SMARTS) is 2. The van der Waals surface area contributed by atoms with Gasteiger partial charge in [0.1, 0.15) is 47.3 Å². The average molecular weight is 838 g/mol. The molecule has 4 aromatic rings. The number of halogens is 2. The van der Waals surface area contributed by atoms with Gasteiger partial charge in [-0.05, 0) is 97.9 Å². The van der Waals surface area contributed by atoms with Crippen LogP contribution in [0.15, 0.2) is 60.7 Å². The van der Waals surface area contributed by atoms with E-state index in [0.29, 0.717) is 57.4 Å². The third-order valence-electron chi connectivity index (χ3n) is 10.6. The average Bonchev–Trinajstić information content (AvgIpc) is 3.81. The van der Waals surface area contributed by atoms with Crippen LogP contribution < -0.4 is 29.6 Å². The summed E-state index contributed by atoms with van der Waals surface area (Å²) in [6, 6.07) is 17.8. The van der Waals surface area contributed by atoms with Gasteiger partial charge in [0.15, 0.2) is 0 Å². The van der Waals surface area contributed by atoms with Crippen molar-refractivity contribution in [3.05, 3.63) is 104 Å². The maximum absolute atomic E-state index is 11.6. The van der Waals surface area contributed by atoms with E-state index in [1.165, 1.54) is 11.1 Å². The van der Waals surface area contributed by atoms with E-state index < -0.39 is 24.0 Å². The van der Waals surface area contributed by atoms with Crippen molar-refractivity contribution in [2.24, 2.45) is 0 Å². The summed E-state index contributed by atoms with van der Waals surface area (Å²) in [7, 11) is 0. The molecular formula is C44H50Cl2N2O10. The van der Waals surface area contributed by atoms with E-state index in [4.69, 9.17) is 42.1 Å². The number of fused-ring (bicyclic) bond motifs is 2. The Morgan fingerprint density at radius 3 is 1.45 bits per heavy atom. The Labute approximate surface area is 348 Å². The summed E-state index contributed by atoms with van der Waals surface area (Å²) in [6.07, 6.45) is 2.78. The van der Waals surface area contributed by atoms with Crippen molar-refractivity contribution in [1.82, 2.24) is 10.6 Å². The fourth-order valence-electron chi connectivity index (χ4n) is 7.83. The zero-order valence-corrected chi connectivity index (χ0v) is 34.1. The van der Waals surface area contributed by atoms with Crippen LogP contribution >= 0.6 is 23.2 Å². The Hall–Kier alpha value is -4.56. The molecule has 14 heteroatoms. The second-order valence-corrected chi connectivity index (χ2v) is 15.1. The number of aliphatic hydroxyl groups excluding tert-OH is 2. The lowest BCUT2D eigenvalue weighted by molar-refractivity contribution is -0.140. The molecule has 6 N–H and O–H groups in total. The summed E-state index contributed by atoms with van der Waals surface area (Å²) >= 11 is 13.6. The van der Waals surface area contributed by atoms with E-state index in [-0.39, 0.29) is 51.4 Å². The van der Waals surface area contributed by atoms with E-state index >= 15 is 0 Å². The first-order chi connectivity index (χ1) is 28.1. The monoisotopic (exact) mass is 836 g/mol. The molecule has 12 nitrogen and oxygen atoms in total. The number of hydrogen-bond donors (Lipinski definition) is 6. The minimum Gasteiger partial charge on any atom is -0.493 e. The van der Waals surface area contributed by atoms with Crippen molar-refractivity contribution in [2.45, 2.75) is 89.8 Å². The Morgan fingerprint density at radius 2 is 1.09 bits per heavy atom. The van der Waals surface area contributed by atoms with Crippen LogP contribution in [0.3, 0.4) is 0 Å². The second kappa shape index (κ2) is 19.9. The fraction of sp³-hybridized carbons (Fsp3) is 0.409. The molecule has 0 fully saturated rings. The first-order valence-corrected chi connectivity index (χ1v) is 20.4. The highest BCUT2D eigenvalue weighted by atomic mass is 35.5. The maximum Gasteiger partial charge on any atom is 0.320 e. The molecule has 0 radical (unpaired) electrons. The first-order valence-electron chi connectivity index (χ1n) is 19.7. The highest BCUT2D eigenvalue weighted by Crippen LogP contribution is 2.47. The summed E-state index contributed by atoms with van der Waals surface area (Å²) in [4.78, 5) is 23.2. The maximum atomic E-state index is 11.6. The third kappa shape index (κ3) is 9.82. The largest absolute Gasteiger partial charge is 0.493 e. The van der Waals surface area contributed by atoms with Crippen molar-refractivity contribution in [2.75, 3.05) is 26.4 Å². The van der Waals surface area contributed by atoms with Gasteiger partial charge in [0.2, 0.25) is 0 Å². The van der Waals surface area contributed by atoms with Gasteiger partial charge in [0, 0.05) is 49.6 Å². The van der Waals surface area contributed by atoms with Gasteiger partial charge in [0.25, 0.3) is 0 Å². The van der Waals surface area contributed by atoms with Crippen LogP contribution in [0.5, 0.6) is 23.0 Å². The molecule has 4 atom stereocenters. The van der Waals surface area contributed by atoms with E-state index in [1.54, 1.807) is 24.3 Å². The van der Waals surface area contributed by atoms with E-state index in [1.807, 2.05) is 13.8 Å². The Kier molecular flexibility index (Phi) is 14.8. The van der Waals surface area contributed by atoms with E-state index in [9.17, 15) is 30.0 Å². The topological polar surface area (TPSA) is 176 Å². The quantitative estimate of drug-likeness (QED) is 0.0490. The van der Waals surface area contributed by atoms with Crippen molar-refractivity contribution in [3.63, 3.8) is 0 Å².